The van der Waals surface area contributed by atoms with Crippen LogP contribution in [0.3, 0.4) is 0 Å². The number of aromatic amines is 1. The minimum Gasteiger partial charge on any atom is -0.485 e. The predicted octanol–water partition coefficient (Wildman–Crippen LogP) is 4.07. The van der Waals surface area contributed by atoms with Crippen molar-refractivity contribution in [3.8, 4) is 5.75 Å². The van der Waals surface area contributed by atoms with E-state index in [1.165, 1.54) is 5.56 Å². The van der Waals surface area contributed by atoms with Gasteiger partial charge in [-0.05, 0) is 48.1 Å². The van der Waals surface area contributed by atoms with Crippen LogP contribution in [0.2, 0.25) is 0 Å². The first kappa shape index (κ1) is 19.8. The number of esters is 1. The monoisotopic (exact) mass is 357 g/mol. The molecule has 5 nitrogen and oxygen atoms in total. The molecule has 0 unspecified atom stereocenters. The van der Waals surface area contributed by atoms with Gasteiger partial charge in [-0.1, -0.05) is 32.9 Å². The molecule has 0 aliphatic rings. The number of H-pyrrole nitrogens is 1. The predicted molar refractivity (Wildman–Crippen MR) is 101 cm³/mol. The molecule has 2 rings (SSSR count). The van der Waals surface area contributed by atoms with Gasteiger partial charge in [-0.15, -0.1) is 0 Å². The van der Waals surface area contributed by atoms with E-state index in [1.54, 1.807) is 13.1 Å². The van der Waals surface area contributed by atoms with Crippen LogP contribution >= 0.6 is 0 Å². The van der Waals surface area contributed by atoms with E-state index in [4.69, 9.17) is 9.47 Å². The van der Waals surface area contributed by atoms with E-state index >= 15 is 0 Å². The number of ketones is 1. The van der Waals surface area contributed by atoms with E-state index in [-0.39, 0.29) is 24.8 Å². The van der Waals surface area contributed by atoms with Crippen molar-refractivity contribution < 1.29 is 19.1 Å². The molecule has 1 aromatic heterocycles. The molecular weight excluding hydrogens is 330 g/mol. The summed E-state index contributed by atoms with van der Waals surface area (Å²) in [5, 5.41) is 0. The average molecular weight is 357 g/mol. The molecule has 0 spiro atoms. The SMILES string of the molecule is CCOC(=O)Cc1c[nH]c(C(=O)COc2ccc(C(C)C)cc2)c1CC. The number of hydrogen-bond donors (Lipinski definition) is 1. The summed E-state index contributed by atoms with van der Waals surface area (Å²) in [5.74, 6) is 0.695. The number of benzene rings is 1. The van der Waals surface area contributed by atoms with Crippen LogP contribution in [0, 0.1) is 0 Å². The fourth-order valence-corrected chi connectivity index (χ4v) is 2.84. The largest absolute Gasteiger partial charge is 0.485 e. The number of carbonyl (C=O) groups is 2. The third kappa shape index (κ3) is 4.97. The number of Topliss-reactive ketones (excluding diaryl/α,β-unsaturated/α-hetero) is 1. The second kappa shape index (κ2) is 9.22. The molecule has 140 valence electrons. The zero-order chi connectivity index (χ0) is 19.1. The lowest BCUT2D eigenvalue weighted by molar-refractivity contribution is -0.142. The van der Waals surface area contributed by atoms with Crippen LogP contribution in [0.25, 0.3) is 0 Å². The van der Waals surface area contributed by atoms with E-state index in [9.17, 15) is 9.59 Å². The van der Waals surface area contributed by atoms with Gasteiger partial charge in [0.15, 0.2) is 6.61 Å². The normalized spacial score (nSPS) is 10.8. The van der Waals surface area contributed by atoms with Crippen LogP contribution in [-0.4, -0.2) is 30.0 Å². The van der Waals surface area contributed by atoms with Crippen LogP contribution < -0.4 is 4.74 Å². The second-order valence-corrected chi connectivity index (χ2v) is 6.44. The molecule has 0 aliphatic carbocycles. The van der Waals surface area contributed by atoms with Crippen LogP contribution in [-0.2, 0) is 22.4 Å². The second-order valence-electron chi connectivity index (χ2n) is 6.44. The number of nitrogens with one attached hydrogen (secondary N) is 1. The van der Waals surface area contributed by atoms with Crippen LogP contribution in [0.5, 0.6) is 5.75 Å². The molecule has 0 fully saturated rings. The van der Waals surface area contributed by atoms with Gasteiger partial charge in [0.1, 0.15) is 5.75 Å². The van der Waals surface area contributed by atoms with Crippen molar-refractivity contribution in [3.05, 3.63) is 52.8 Å². The van der Waals surface area contributed by atoms with E-state index < -0.39 is 0 Å². The number of rotatable bonds is 9. The van der Waals surface area contributed by atoms with Crippen LogP contribution in [0.4, 0.5) is 0 Å². The van der Waals surface area contributed by atoms with Crippen molar-refractivity contribution in [3.63, 3.8) is 0 Å². The van der Waals surface area contributed by atoms with E-state index in [2.05, 4.69) is 18.8 Å². The highest BCUT2D eigenvalue weighted by molar-refractivity contribution is 5.97. The van der Waals surface area contributed by atoms with Crippen LogP contribution in [0.1, 0.15) is 60.8 Å². The summed E-state index contributed by atoms with van der Waals surface area (Å²) >= 11 is 0. The summed E-state index contributed by atoms with van der Waals surface area (Å²) in [6.45, 7) is 8.29. The summed E-state index contributed by atoms with van der Waals surface area (Å²) in [6.07, 6.45) is 2.53. The van der Waals surface area contributed by atoms with Crippen LogP contribution in [0.15, 0.2) is 30.5 Å². The number of ether oxygens (including phenoxy) is 2. The highest BCUT2D eigenvalue weighted by Crippen LogP contribution is 2.20. The van der Waals surface area contributed by atoms with Gasteiger partial charge in [-0.3, -0.25) is 9.59 Å². The lowest BCUT2D eigenvalue weighted by Gasteiger charge is -2.09. The first-order valence-corrected chi connectivity index (χ1v) is 9.06. The Morgan fingerprint density at radius 2 is 1.81 bits per heavy atom. The zero-order valence-corrected chi connectivity index (χ0v) is 15.9. The molecule has 0 atom stereocenters. The standard InChI is InChI=1S/C21H27NO4/c1-5-18-16(11-20(24)25-6-2)12-22-21(18)19(23)13-26-17-9-7-15(8-10-17)14(3)4/h7-10,12,14,22H,5-6,11,13H2,1-4H3. The van der Waals surface area contributed by atoms with Gasteiger partial charge in [0, 0.05) is 6.20 Å². The lowest BCUT2D eigenvalue weighted by atomic mass is 10.0. The quantitative estimate of drug-likeness (QED) is 0.543. The summed E-state index contributed by atoms with van der Waals surface area (Å²) in [5.41, 5.74) is 3.38. The molecule has 0 saturated carbocycles. The summed E-state index contributed by atoms with van der Waals surface area (Å²) in [6, 6.07) is 7.77. The number of aromatic nitrogens is 1. The first-order chi connectivity index (χ1) is 12.5. The Bertz CT molecular complexity index is 744. The molecule has 0 bridgehead atoms. The minimum absolute atomic E-state index is 0.0482. The molecule has 0 amide bonds. The highest BCUT2D eigenvalue weighted by atomic mass is 16.5. The first-order valence-electron chi connectivity index (χ1n) is 9.06. The van der Waals surface area contributed by atoms with Crippen molar-refractivity contribution >= 4 is 11.8 Å². The van der Waals surface area contributed by atoms with Gasteiger partial charge in [0.05, 0.1) is 18.7 Å². The van der Waals surface area contributed by atoms with Crippen molar-refractivity contribution in [1.29, 1.82) is 0 Å². The van der Waals surface area contributed by atoms with Gasteiger partial charge in [-0.25, -0.2) is 0 Å². The molecule has 0 radical (unpaired) electrons. The summed E-state index contributed by atoms with van der Waals surface area (Å²) < 4.78 is 10.6. The maximum atomic E-state index is 12.5. The third-order valence-electron chi connectivity index (χ3n) is 4.27. The Balaban J connectivity index is 2.02. The van der Waals surface area contributed by atoms with Gasteiger partial charge in [-0.2, -0.15) is 0 Å². The molecular formula is C21H27NO4. The van der Waals surface area contributed by atoms with Crippen molar-refractivity contribution in [2.24, 2.45) is 0 Å². The molecule has 2 aromatic rings. The van der Waals surface area contributed by atoms with Crippen molar-refractivity contribution in [1.82, 2.24) is 4.98 Å². The minimum atomic E-state index is -0.290. The van der Waals surface area contributed by atoms with E-state index in [0.717, 1.165) is 11.1 Å². The Hall–Kier alpha value is -2.56. The Morgan fingerprint density at radius 3 is 2.38 bits per heavy atom. The molecule has 1 heterocycles. The summed E-state index contributed by atoms with van der Waals surface area (Å²) in [7, 11) is 0. The van der Waals surface area contributed by atoms with Crippen molar-refractivity contribution in [2.75, 3.05) is 13.2 Å². The Kier molecular flexibility index (Phi) is 7.01. The smallest absolute Gasteiger partial charge is 0.310 e. The molecule has 0 saturated heterocycles. The Morgan fingerprint density at radius 1 is 1.12 bits per heavy atom. The molecule has 1 aromatic carbocycles. The Labute approximate surface area is 154 Å². The molecule has 0 aliphatic heterocycles. The molecule has 1 N–H and O–H groups in total. The fraction of sp³-hybridized carbons (Fsp3) is 0.429. The topological polar surface area (TPSA) is 68.4 Å². The fourth-order valence-electron chi connectivity index (χ4n) is 2.84. The maximum absolute atomic E-state index is 12.5. The zero-order valence-electron chi connectivity index (χ0n) is 15.9. The van der Waals surface area contributed by atoms with Gasteiger partial charge in [0.25, 0.3) is 0 Å². The van der Waals surface area contributed by atoms with Gasteiger partial charge < -0.3 is 14.5 Å². The van der Waals surface area contributed by atoms with E-state index in [0.29, 0.717) is 30.4 Å². The average Bonchev–Trinajstić information content (AvgIpc) is 3.02. The number of hydrogen-bond acceptors (Lipinski definition) is 4. The molecule has 26 heavy (non-hydrogen) atoms. The third-order valence-corrected chi connectivity index (χ3v) is 4.27. The lowest BCUT2D eigenvalue weighted by Crippen LogP contribution is -2.14. The number of carbonyl (C=O) groups excluding carboxylic acids is 2. The van der Waals surface area contributed by atoms with E-state index in [1.807, 2.05) is 31.2 Å². The highest BCUT2D eigenvalue weighted by Gasteiger charge is 2.19. The van der Waals surface area contributed by atoms with Crippen molar-refractivity contribution in [2.45, 2.75) is 46.5 Å². The van der Waals surface area contributed by atoms with Gasteiger partial charge >= 0.3 is 5.97 Å². The summed E-state index contributed by atoms with van der Waals surface area (Å²) in [4.78, 5) is 27.2. The molecule has 5 heteroatoms. The van der Waals surface area contributed by atoms with Gasteiger partial charge in [0.2, 0.25) is 5.78 Å². The maximum Gasteiger partial charge on any atom is 0.310 e.